The Morgan fingerprint density at radius 1 is 1.29 bits per heavy atom. The Morgan fingerprint density at radius 2 is 2.00 bits per heavy atom. The molecule has 0 aliphatic carbocycles. The molecular formula is C17H23N3O. The zero-order valence-corrected chi connectivity index (χ0v) is 13.0. The third kappa shape index (κ3) is 3.94. The van der Waals surface area contributed by atoms with Gasteiger partial charge in [0.25, 0.3) is 5.91 Å². The quantitative estimate of drug-likeness (QED) is 0.884. The monoisotopic (exact) mass is 285 g/mol. The summed E-state index contributed by atoms with van der Waals surface area (Å²) in [4.78, 5) is 16.3. The van der Waals surface area contributed by atoms with Crippen molar-refractivity contribution in [3.63, 3.8) is 0 Å². The van der Waals surface area contributed by atoms with Gasteiger partial charge in [0.05, 0.1) is 0 Å². The molecule has 0 radical (unpaired) electrons. The minimum Gasteiger partial charge on any atom is -0.351 e. The minimum atomic E-state index is -0.00203. The summed E-state index contributed by atoms with van der Waals surface area (Å²) < 4.78 is 1.99. The van der Waals surface area contributed by atoms with Crippen LogP contribution >= 0.6 is 0 Å². The van der Waals surface area contributed by atoms with Crippen LogP contribution in [0.3, 0.4) is 0 Å². The Kier molecular flexibility index (Phi) is 5.14. The van der Waals surface area contributed by atoms with Crippen LogP contribution in [0.4, 0.5) is 0 Å². The molecule has 2 heterocycles. The second-order valence-corrected chi connectivity index (χ2v) is 5.57. The smallest absolute Gasteiger partial charge is 0.267 e. The maximum atomic E-state index is 12.3. The van der Waals surface area contributed by atoms with Crippen LogP contribution in [0.25, 0.3) is 11.1 Å². The lowest BCUT2D eigenvalue weighted by molar-refractivity contribution is 0.0943. The number of amides is 1. The van der Waals surface area contributed by atoms with E-state index in [-0.39, 0.29) is 5.91 Å². The van der Waals surface area contributed by atoms with E-state index < -0.39 is 0 Å². The van der Waals surface area contributed by atoms with Crippen LogP contribution in [-0.2, 0) is 6.54 Å². The molecular weight excluding hydrogens is 262 g/mol. The molecule has 1 amide bonds. The molecule has 0 saturated heterocycles. The number of carbonyl (C=O) groups is 1. The van der Waals surface area contributed by atoms with E-state index in [9.17, 15) is 4.79 Å². The van der Waals surface area contributed by atoms with Gasteiger partial charge in [0.1, 0.15) is 5.69 Å². The van der Waals surface area contributed by atoms with E-state index in [1.54, 1.807) is 12.4 Å². The standard InChI is InChI=1S/C17H23N3O/c1-4-20-12-15(14-6-8-18-9-7-14)11-16(20)17(21)19-10-5-13(2)3/h6-9,11-13H,4-5,10H2,1-3H3,(H,19,21). The lowest BCUT2D eigenvalue weighted by Crippen LogP contribution is -2.27. The van der Waals surface area contributed by atoms with E-state index in [0.717, 1.165) is 30.6 Å². The highest BCUT2D eigenvalue weighted by Crippen LogP contribution is 2.21. The van der Waals surface area contributed by atoms with Crippen molar-refractivity contribution in [3.05, 3.63) is 42.5 Å². The van der Waals surface area contributed by atoms with Gasteiger partial charge >= 0.3 is 0 Å². The summed E-state index contributed by atoms with van der Waals surface area (Å²) in [5.41, 5.74) is 2.84. The van der Waals surface area contributed by atoms with Gasteiger partial charge in [-0.1, -0.05) is 13.8 Å². The Labute approximate surface area is 126 Å². The Morgan fingerprint density at radius 3 is 2.62 bits per heavy atom. The number of aromatic nitrogens is 2. The third-order valence-corrected chi connectivity index (χ3v) is 3.49. The van der Waals surface area contributed by atoms with Gasteiger partial charge in [-0.15, -0.1) is 0 Å². The molecule has 0 atom stereocenters. The molecule has 2 aromatic heterocycles. The number of aryl methyl sites for hydroxylation is 1. The van der Waals surface area contributed by atoms with Gasteiger partial charge < -0.3 is 9.88 Å². The first-order chi connectivity index (χ1) is 10.1. The van der Waals surface area contributed by atoms with Gasteiger partial charge in [0.15, 0.2) is 0 Å². The van der Waals surface area contributed by atoms with E-state index >= 15 is 0 Å². The maximum absolute atomic E-state index is 12.3. The molecule has 0 unspecified atom stereocenters. The number of nitrogens with one attached hydrogen (secondary N) is 1. The van der Waals surface area contributed by atoms with Crippen molar-refractivity contribution in [1.82, 2.24) is 14.9 Å². The zero-order valence-electron chi connectivity index (χ0n) is 13.0. The largest absolute Gasteiger partial charge is 0.351 e. The average Bonchev–Trinajstić information content (AvgIpc) is 2.92. The van der Waals surface area contributed by atoms with Gasteiger partial charge in [-0.25, -0.2) is 0 Å². The van der Waals surface area contributed by atoms with Gasteiger partial charge in [0, 0.05) is 37.2 Å². The second kappa shape index (κ2) is 7.07. The summed E-state index contributed by atoms with van der Waals surface area (Å²) in [6.07, 6.45) is 6.55. The molecule has 0 fully saturated rings. The fourth-order valence-electron chi connectivity index (χ4n) is 2.23. The summed E-state index contributed by atoms with van der Waals surface area (Å²) in [6, 6.07) is 5.86. The lowest BCUT2D eigenvalue weighted by Gasteiger charge is -2.08. The summed E-state index contributed by atoms with van der Waals surface area (Å²) >= 11 is 0. The van der Waals surface area contributed by atoms with Crippen LogP contribution in [0.5, 0.6) is 0 Å². The van der Waals surface area contributed by atoms with Crippen LogP contribution in [-0.4, -0.2) is 22.0 Å². The SMILES string of the molecule is CCn1cc(-c2ccncc2)cc1C(=O)NCCC(C)C. The van der Waals surface area contributed by atoms with E-state index in [4.69, 9.17) is 0 Å². The molecule has 112 valence electrons. The van der Waals surface area contributed by atoms with Gasteiger partial charge in [0.2, 0.25) is 0 Å². The molecule has 1 N–H and O–H groups in total. The molecule has 21 heavy (non-hydrogen) atoms. The average molecular weight is 285 g/mol. The number of rotatable bonds is 6. The van der Waals surface area contributed by atoms with Gasteiger partial charge in [-0.05, 0) is 43.0 Å². The number of pyridine rings is 1. The van der Waals surface area contributed by atoms with E-state index in [0.29, 0.717) is 11.6 Å². The van der Waals surface area contributed by atoms with E-state index in [1.165, 1.54) is 0 Å². The molecule has 0 spiro atoms. The Balaban J connectivity index is 2.16. The number of carbonyl (C=O) groups excluding carboxylic acids is 1. The zero-order chi connectivity index (χ0) is 15.2. The van der Waals surface area contributed by atoms with E-state index in [1.807, 2.05) is 35.9 Å². The van der Waals surface area contributed by atoms with Crippen molar-refractivity contribution in [2.24, 2.45) is 5.92 Å². The molecule has 0 bridgehead atoms. The normalized spacial score (nSPS) is 10.9. The first-order valence-corrected chi connectivity index (χ1v) is 7.50. The van der Waals surface area contributed by atoms with Crippen LogP contribution < -0.4 is 5.32 Å². The van der Waals surface area contributed by atoms with Gasteiger partial charge in [-0.2, -0.15) is 0 Å². The highest BCUT2D eigenvalue weighted by molar-refractivity contribution is 5.94. The fourth-order valence-corrected chi connectivity index (χ4v) is 2.23. The van der Waals surface area contributed by atoms with Crippen molar-refractivity contribution in [3.8, 4) is 11.1 Å². The number of hydrogen-bond acceptors (Lipinski definition) is 2. The van der Waals surface area contributed by atoms with Gasteiger partial charge in [-0.3, -0.25) is 9.78 Å². The summed E-state index contributed by atoms with van der Waals surface area (Å²) in [6.45, 7) is 7.85. The molecule has 2 aromatic rings. The second-order valence-electron chi connectivity index (χ2n) is 5.57. The van der Waals surface area contributed by atoms with Crippen LogP contribution in [0.1, 0.15) is 37.7 Å². The number of hydrogen-bond donors (Lipinski definition) is 1. The fraction of sp³-hybridized carbons (Fsp3) is 0.412. The molecule has 0 saturated carbocycles. The summed E-state index contributed by atoms with van der Waals surface area (Å²) in [5, 5.41) is 3.00. The molecule has 0 aliphatic rings. The molecule has 4 heteroatoms. The minimum absolute atomic E-state index is 0.00203. The third-order valence-electron chi connectivity index (χ3n) is 3.49. The predicted molar refractivity (Wildman–Crippen MR) is 85.1 cm³/mol. The predicted octanol–water partition coefficient (Wildman–Crippen LogP) is 3.35. The Bertz CT molecular complexity index is 587. The van der Waals surface area contributed by atoms with Crippen LogP contribution in [0.15, 0.2) is 36.8 Å². The molecule has 0 aromatic carbocycles. The van der Waals surface area contributed by atoms with Crippen molar-refractivity contribution >= 4 is 5.91 Å². The van der Waals surface area contributed by atoms with E-state index in [2.05, 4.69) is 24.1 Å². The first-order valence-electron chi connectivity index (χ1n) is 7.50. The molecule has 2 rings (SSSR count). The lowest BCUT2D eigenvalue weighted by atomic mass is 10.1. The molecule has 0 aliphatic heterocycles. The first kappa shape index (κ1) is 15.3. The Hall–Kier alpha value is -2.10. The van der Waals surface area contributed by atoms with Crippen molar-refractivity contribution in [2.45, 2.75) is 33.7 Å². The summed E-state index contributed by atoms with van der Waals surface area (Å²) in [7, 11) is 0. The number of nitrogens with zero attached hydrogens (tertiary/aromatic N) is 2. The molecule has 4 nitrogen and oxygen atoms in total. The maximum Gasteiger partial charge on any atom is 0.267 e. The highest BCUT2D eigenvalue weighted by atomic mass is 16.1. The van der Waals surface area contributed by atoms with Crippen LogP contribution in [0, 0.1) is 5.92 Å². The topological polar surface area (TPSA) is 46.9 Å². The summed E-state index contributed by atoms with van der Waals surface area (Å²) in [5.74, 6) is 0.591. The van der Waals surface area contributed by atoms with Crippen molar-refractivity contribution in [2.75, 3.05) is 6.54 Å². The van der Waals surface area contributed by atoms with Crippen LogP contribution in [0.2, 0.25) is 0 Å². The highest BCUT2D eigenvalue weighted by Gasteiger charge is 2.13. The van der Waals surface area contributed by atoms with Crippen molar-refractivity contribution in [1.29, 1.82) is 0 Å². The van der Waals surface area contributed by atoms with Crippen molar-refractivity contribution < 1.29 is 4.79 Å².